The molecule has 0 saturated heterocycles. The van der Waals surface area contributed by atoms with Crippen molar-refractivity contribution in [2.24, 2.45) is 0 Å². The molecule has 0 fully saturated rings. The van der Waals surface area contributed by atoms with Crippen molar-refractivity contribution < 1.29 is 28.6 Å². The van der Waals surface area contributed by atoms with Crippen LogP contribution < -0.4 is 0 Å². The first kappa shape index (κ1) is 70.6. The molecule has 426 valence electrons. The van der Waals surface area contributed by atoms with E-state index in [-0.39, 0.29) is 31.1 Å². The molecule has 0 spiro atoms. The van der Waals surface area contributed by atoms with E-state index in [2.05, 4.69) is 106 Å². The molecule has 0 heterocycles. The van der Waals surface area contributed by atoms with Gasteiger partial charge in [0.25, 0.3) is 0 Å². The van der Waals surface area contributed by atoms with Gasteiger partial charge in [0.15, 0.2) is 6.10 Å². The van der Waals surface area contributed by atoms with Crippen molar-refractivity contribution in [3.63, 3.8) is 0 Å². The van der Waals surface area contributed by atoms with Crippen molar-refractivity contribution in [2.45, 2.75) is 316 Å². The maximum atomic E-state index is 12.9. The number of hydrogen-bond acceptors (Lipinski definition) is 6. The third kappa shape index (κ3) is 59.5. The Hall–Kier alpha value is -3.41. The number of ether oxygens (including phenoxy) is 3. The number of unbranched alkanes of at least 4 members (excludes halogenated alkanes) is 32. The summed E-state index contributed by atoms with van der Waals surface area (Å²) in [6.45, 7) is 6.53. The number of carbonyl (C=O) groups is 3. The summed E-state index contributed by atoms with van der Waals surface area (Å²) in [5.74, 6) is -0.896. The van der Waals surface area contributed by atoms with Crippen molar-refractivity contribution in [3.05, 3.63) is 85.1 Å². The lowest BCUT2D eigenvalue weighted by molar-refractivity contribution is -0.167. The van der Waals surface area contributed by atoms with Crippen molar-refractivity contribution in [3.8, 4) is 0 Å². The highest BCUT2D eigenvalue weighted by atomic mass is 16.6. The molecule has 0 aromatic heterocycles. The first-order valence-corrected chi connectivity index (χ1v) is 31.6. The van der Waals surface area contributed by atoms with Gasteiger partial charge in [-0.1, -0.05) is 260 Å². The third-order valence-electron chi connectivity index (χ3n) is 13.6. The van der Waals surface area contributed by atoms with Crippen LogP contribution in [0.3, 0.4) is 0 Å². The first-order chi connectivity index (χ1) is 36.5. The number of allylic oxidation sites excluding steroid dienone is 14. The molecular formula is C68H118O6. The quantitative estimate of drug-likeness (QED) is 0.0261. The van der Waals surface area contributed by atoms with E-state index >= 15 is 0 Å². The van der Waals surface area contributed by atoms with Crippen LogP contribution in [0.4, 0.5) is 0 Å². The van der Waals surface area contributed by atoms with Crippen LogP contribution in [-0.2, 0) is 28.6 Å². The SMILES string of the molecule is CC/C=C\C/C=C\C/C=C\C/C=C\C/C=C\CCCCCCCCCCCC(=O)OCC(COC(=O)CCCCCCC/C=C\CCCCCCCC)OC(=O)CCCCCCC/C=C\CCCCCCCCC. The van der Waals surface area contributed by atoms with Gasteiger partial charge in [-0.15, -0.1) is 0 Å². The topological polar surface area (TPSA) is 78.9 Å². The fraction of sp³-hybridized carbons (Fsp3) is 0.750. The molecule has 0 aliphatic rings. The molecule has 0 aromatic rings. The van der Waals surface area contributed by atoms with Crippen molar-refractivity contribution in [1.29, 1.82) is 0 Å². The zero-order valence-corrected chi connectivity index (χ0v) is 48.8. The second-order valence-electron chi connectivity index (χ2n) is 20.9. The molecule has 0 bridgehead atoms. The van der Waals surface area contributed by atoms with E-state index in [9.17, 15) is 14.4 Å². The molecule has 6 heteroatoms. The zero-order valence-electron chi connectivity index (χ0n) is 48.8. The lowest BCUT2D eigenvalue weighted by atomic mass is 10.1. The average Bonchev–Trinajstić information content (AvgIpc) is 3.40. The van der Waals surface area contributed by atoms with Crippen LogP contribution >= 0.6 is 0 Å². The fourth-order valence-electron chi connectivity index (χ4n) is 8.87. The Bertz CT molecular complexity index is 1420. The molecule has 1 unspecified atom stereocenters. The summed E-state index contributed by atoms with van der Waals surface area (Å²) in [6, 6.07) is 0. The van der Waals surface area contributed by atoms with Gasteiger partial charge in [0, 0.05) is 19.3 Å². The minimum absolute atomic E-state index is 0.0845. The maximum Gasteiger partial charge on any atom is 0.306 e. The molecule has 1 atom stereocenters. The van der Waals surface area contributed by atoms with Crippen LogP contribution in [0.5, 0.6) is 0 Å². The predicted octanol–water partition coefficient (Wildman–Crippen LogP) is 21.5. The monoisotopic (exact) mass is 1030 g/mol. The van der Waals surface area contributed by atoms with Crippen LogP contribution in [0.15, 0.2) is 85.1 Å². The molecule has 0 aromatic carbocycles. The van der Waals surface area contributed by atoms with Crippen LogP contribution in [0.25, 0.3) is 0 Å². The van der Waals surface area contributed by atoms with E-state index in [4.69, 9.17) is 14.2 Å². The van der Waals surface area contributed by atoms with Crippen LogP contribution in [-0.4, -0.2) is 37.2 Å². The second-order valence-corrected chi connectivity index (χ2v) is 20.9. The Morgan fingerprint density at radius 3 is 0.838 bits per heavy atom. The van der Waals surface area contributed by atoms with Gasteiger partial charge in [-0.05, 0) is 116 Å². The Morgan fingerprint density at radius 2 is 0.527 bits per heavy atom. The molecule has 0 radical (unpaired) electrons. The summed E-state index contributed by atoms with van der Waals surface area (Å²) in [5, 5.41) is 0. The Balaban J connectivity index is 4.35. The number of esters is 3. The van der Waals surface area contributed by atoms with E-state index < -0.39 is 6.10 Å². The molecular weight excluding hydrogens is 913 g/mol. The Labute approximate surface area is 458 Å². The average molecular weight is 1030 g/mol. The van der Waals surface area contributed by atoms with Gasteiger partial charge in [-0.2, -0.15) is 0 Å². The minimum atomic E-state index is -0.788. The van der Waals surface area contributed by atoms with E-state index in [1.54, 1.807) is 0 Å². The fourth-order valence-corrected chi connectivity index (χ4v) is 8.87. The highest BCUT2D eigenvalue weighted by Gasteiger charge is 2.19. The van der Waals surface area contributed by atoms with Crippen molar-refractivity contribution >= 4 is 17.9 Å². The van der Waals surface area contributed by atoms with Gasteiger partial charge in [0.2, 0.25) is 0 Å². The lowest BCUT2D eigenvalue weighted by Gasteiger charge is -2.18. The molecule has 0 aliphatic carbocycles. The number of carbonyl (C=O) groups excluding carboxylic acids is 3. The summed E-state index contributed by atoms with van der Waals surface area (Å²) >= 11 is 0. The normalized spacial score (nSPS) is 12.6. The summed E-state index contributed by atoms with van der Waals surface area (Å²) in [6.07, 6.45) is 81.5. The highest BCUT2D eigenvalue weighted by molar-refractivity contribution is 5.71. The third-order valence-corrected chi connectivity index (χ3v) is 13.6. The van der Waals surface area contributed by atoms with Gasteiger partial charge >= 0.3 is 17.9 Å². The summed E-state index contributed by atoms with van der Waals surface area (Å²) in [4.78, 5) is 38.3. The standard InChI is InChI=1S/C68H118O6/c1-4-7-10-13-16-19-22-25-28-30-31-32-33-34-35-36-37-38-41-43-46-49-52-55-58-61-67(70)73-64-65(63-72-66(69)60-57-54-51-48-45-42-39-27-24-21-18-15-12-9-6-3)74-68(71)62-59-56-53-50-47-44-40-29-26-23-20-17-14-11-8-5-2/h7,10,16,19,25,27-29,31-32,34-35,39-40,65H,4-6,8-9,11-15,17-18,20-24,26,30,33,36-38,41-64H2,1-3H3/b10-7-,19-16-,28-25-,32-31-,35-34-,39-27-,40-29-. The molecule has 0 saturated carbocycles. The van der Waals surface area contributed by atoms with Gasteiger partial charge in [0.1, 0.15) is 13.2 Å². The van der Waals surface area contributed by atoms with E-state index in [1.165, 1.54) is 154 Å². The van der Waals surface area contributed by atoms with Gasteiger partial charge in [-0.25, -0.2) is 0 Å². The molecule has 6 nitrogen and oxygen atoms in total. The van der Waals surface area contributed by atoms with Crippen LogP contribution in [0, 0.1) is 0 Å². The summed E-state index contributed by atoms with van der Waals surface area (Å²) < 4.78 is 16.9. The van der Waals surface area contributed by atoms with Crippen LogP contribution in [0.2, 0.25) is 0 Å². The van der Waals surface area contributed by atoms with Gasteiger partial charge < -0.3 is 14.2 Å². The van der Waals surface area contributed by atoms with E-state index in [0.29, 0.717) is 19.3 Å². The zero-order chi connectivity index (χ0) is 53.6. The summed E-state index contributed by atoms with van der Waals surface area (Å²) in [7, 11) is 0. The van der Waals surface area contributed by atoms with Gasteiger partial charge in [0.05, 0.1) is 0 Å². The number of hydrogen-bond donors (Lipinski definition) is 0. The predicted molar refractivity (Wildman–Crippen MR) is 321 cm³/mol. The molecule has 0 N–H and O–H groups in total. The molecule has 0 rings (SSSR count). The largest absolute Gasteiger partial charge is 0.462 e. The van der Waals surface area contributed by atoms with Crippen LogP contribution in [0.1, 0.15) is 310 Å². The van der Waals surface area contributed by atoms with Gasteiger partial charge in [-0.3, -0.25) is 14.4 Å². The lowest BCUT2D eigenvalue weighted by Crippen LogP contribution is -2.30. The highest BCUT2D eigenvalue weighted by Crippen LogP contribution is 2.16. The van der Waals surface area contributed by atoms with E-state index in [0.717, 1.165) is 116 Å². The summed E-state index contributed by atoms with van der Waals surface area (Å²) in [5.41, 5.74) is 0. The second kappa shape index (κ2) is 62.1. The van der Waals surface area contributed by atoms with Crippen molar-refractivity contribution in [1.82, 2.24) is 0 Å². The Morgan fingerprint density at radius 1 is 0.284 bits per heavy atom. The Kier molecular flexibility index (Phi) is 59.3. The van der Waals surface area contributed by atoms with E-state index in [1.807, 2.05) is 0 Å². The molecule has 74 heavy (non-hydrogen) atoms. The smallest absolute Gasteiger partial charge is 0.306 e. The maximum absolute atomic E-state index is 12.9. The minimum Gasteiger partial charge on any atom is -0.462 e. The molecule has 0 aliphatic heterocycles. The van der Waals surface area contributed by atoms with Crippen molar-refractivity contribution in [2.75, 3.05) is 13.2 Å². The number of rotatable bonds is 57. The molecule has 0 amide bonds. The first-order valence-electron chi connectivity index (χ1n) is 31.6.